The Labute approximate surface area is 116 Å². The SMILES string of the molecule is COc1cccc(C#N)c1NC(=O)c1cccc(N)c1. The number of methoxy groups -OCH3 is 1. The van der Waals surface area contributed by atoms with E-state index in [0.29, 0.717) is 28.3 Å². The fourth-order valence-electron chi connectivity index (χ4n) is 1.79. The van der Waals surface area contributed by atoms with Gasteiger partial charge in [0.05, 0.1) is 12.7 Å². The van der Waals surface area contributed by atoms with E-state index in [1.54, 1.807) is 42.5 Å². The predicted molar refractivity (Wildman–Crippen MR) is 76.5 cm³/mol. The molecule has 2 rings (SSSR count). The summed E-state index contributed by atoms with van der Waals surface area (Å²) >= 11 is 0. The van der Waals surface area contributed by atoms with Gasteiger partial charge >= 0.3 is 0 Å². The number of nitrogens with two attached hydrogens (primary N) is 1. The van der Waals surface area contributed by atoms with E-state index in [4.69, 9.17) is 15.7 Å². The van der Waals surface area contributed by atoms with Crippen molar-refractivity contribution in [2.45, 2.75) is 0 Å². The van der Waals surface area contributed by atoms with Crippen LogP contribution in [0.3, 0.4) is 0 Å². The van der Waals surface area contributed by atoms with Gasteiger partial charge in [-0.05, 0) is 30.3 Å². The maximum atomic E-state index is 12.2. The maximum Gasteiger partial charge on any atom is 0.255 e. The van der Waals surface area contributed by atoms with E-state index >= 15 is 0 Å². The summed E-state index contributed by atoms with van der Waals surface area (Å²) in [6.45, 7) is 0. The third-order valence-corrected chi connectivity index (χ3v) is 2.75. The molecule has 0 aliphatic carbocycles. The monoisotopic (exact) mass is 267 g/mol. The minimum absolute atomic E-state index is 0.335. The Morgan fingerprint density at radius 3 is 2.70 bits per heavy atom. The number of nitrogens with zero attached hydrogens (tertiary/aromatic N) is 1. The van der Waals surface area contributed by atoms with E-state index in [-0.39, 0.29) is 5.91 Å². The molecule has 0 aliphatic rings. The van der Waals surface area contributed by atoms with Gasteiger partial charge in [-0.2, -0.15) is 5.26 Å². The van der Waals surface area contributed by atoms with Crippen molar-refractivity contribution in [3.63, 3.8) is 0 Å². The summed E-state index contributed by atoms with van der Waals surface area (Å²) in [5, 5.41) is 11.8. The number of para-hydroxylation sites is 1. The number of anilines is 2. The number of nitrogen functional groups attached to an aromatic ring is 1. The molecule has 5 nitrogen and oxygen atoms in total. The molecule has 0 heterocycles. The molecule has 20 heavy (non-hydrogen) atoms. The topological polar surface area (TPSA) is 88.1 Å². The van der Waals surface area contributed by atoms with Gasteiger partial charge in [-0.3, -0.25) is 4.79 Å². The van der Waals surface area contributed by atoms with Crippen molar-refractivity contribution in [2.75, 3.05) is 18.2 Å². The molecule has 0 aliphatic heterocycles. The van der Waals surface area contributed by atoms with Crippen LogP contribution in [0.25, 0.3) is 0 Å². The Morgan fingerprint density at radius 1 is 1.30 bits per heavy atom. The first-order valence-electron chi connectivity index (χ1n) is 5.89. The van der Waals surface area contributed by atoms with Gasteiger partial charge in [0.1, 0.15) is 17.5 Å². The highest BCUT2D eigenvalue weighted by atomic mass is 16.5. The summed E-state index contributed by atoms with van der Waals surface area (Å²) in [7, 11) is 1.48. The first-order valence-corrected chi connectivity index (χ1v) is 5.89. The van der Waals surface area contributed by atoms with Crippen LogP contribution in [0.5, 0.6) is 5.75 Å². The van der Waals surface area contributed by atoms with Crippen molar-refractivity contribution in [3.8, 4) is 11.8 Å². The van der Waals surface area contributed by atoms with Crippen LogP contribution in [0.2, 0.25) is 0 Å². The number of carbonyl (C=O) groups excluding carboxylic acids is 1. The number of hydrogen-bond donors (Lipinski definition) is 2. The molecule has 0 radical (unpaired) electrons. The molecule has 0 spiro atoms. The minimum atomic E-state index is -0.349. The van der Waals surface area contributed by atoms with Gasteiger partial charge in [0.25, 0.3) is 5.91 Å². The summed E-state index contributed by atoms with van der Waals surface area (Å²) in [5.41, 5.74) is 7.25. The summed E-state index contributed by atoms with van der Waals surface area (Å²) in [6.07, 6.45) is 0. The van der Waals surface area contributed by atoms with Crippen LogP contribution >= 0.6 is 0 Å². The highest BCUT2D eigenvalue weighted by molar-refractivity contribution is 6.06. The second-order valence-electron chi connectivity index (χ2n) is 4.07. The van der Waals surface area contributed by atoms with Crippen molar-refractivity contribution >= 4 is 17.3 Å². The summed E-state index contributed by atoms with van der Waals surface area (Å²) in [6, 6.07) is 13.6. The molecule has 0 bridgehead atoms. The van der Waals surface area contributed by atoms with Crippen LogP contribution in [0.15, 0.2) is 42.5 Å². The number of nitrogens with one attached hydrogen (secondary N) is 1. The molecule has 5 heteroatoms. The Balaban J connectivity index is 2.35. The number of benzene rings is 2. The molecule has 0 saturated heterocycles. The zero-order valence-electron chi connectivity index (χ0n) is 10.9. The Morgan fingerprint density at radius 2 is 2.05 bits per heavy atom. The largest absolute Gasteiger partial charge is 0.495 e. The van der Waals surface area contributed by atoms with Gasteiger partial charge < -0.3 is 15.8 Å². The average Bonchev–Trinajstić information content (AvgIpc) is 2.47. The number of amides is 1. The smallest absolute Gasteiger partial charge is 0.255 e. The van der Waals surface area contributed by atoms with Gasteiger partial charge in [0.2, 0.25) is 0 Å². The lowest BCUT2D eigenvalue weighted by Crippen LogP contribution is -2.14. The second kappa shape index (κ2) is 5.76. The number of hydrogen-bond acceptors (Lipinski definition) is 4. The summed E-state index contributed by atoms with van der Waals surface area (Å²) in [5.74, 6) is 0.0830. The third kappa shape index (κ3) is 2.70. The number of carbonyl (C=O) groups is 1. The first-order chi connectivity index (χ1) is 9.65. The Hall–Kier alpha value is -3.00. The molecule has 0 saturated carbocycles. The van der Waals surface area contributed by atoms with Crippen molar-refractivity contribution in [3.05, 3.63) is 53.6 Å². The maximum absolute atomic E-state index is 12.2. The summed E-state index contributed by atoms with van der Waals surface area (Å²) < 4.78 is 5.16. The highest BCUT2D eigenvalue weighted by Crippen LogP contribution is 2.28. The van der Waals surface area contributed by atoms with Crippen LogP contribution in [0.4, 0.5) is 11.4 Å². The molecule has 3 N–H and O–H groups in total. The van der Waals surface area contributed by atoms with Crippen LogP contribution in [0, 0.1) is 11.3 Å². The van der Waals surface area contributed by atoms with Crippen LogP contribution in [-0.4, -0.2) is 13.0 Å². The van der Waals surface area contributed by atoms with E-state index < -0.39 is 0 Å². The van der Waals surface area contributed by atoms with E-state index in [9.17, 15) is 4.79 Å². The minimum Gasteiger partial charge on any atom is -0.495 e. The zero-order chi connectivity index (χ0) is 14.5. The molecule has 0 aromatic heterocycles. The van der Waals surface area contributed by atoms with Crippen LogP contribution < -0.4 is 15.8 Å². The Bertz CT molecular complexity index is 690. The van der Waals surface area contributed by atoms with Gasteiger partial charge in [-0.15, -0.1) is 0 Å². The van der Waals surface area contributed by atoms with Gasteiger partial charge in [-0.25, -0.2) is 0 Å². The molecule has 100 valence electrons. The fraction of sp³-hybridized carbons (Fsp3) is 0.0667. The number of rotatable bonds is 3. The molecule has 2 aromatic rings. The van der Waals surface area contributed by atoms with Gasteiger partial charge in [0, 0.05) is 11.3 Å². The van der Waals surface area contributed by atoms with Crippen molar-refractivity contribution in [2.24, 2.45) is 0 Å². The van der Waals surface area contributed by atoms with Crippen molar-refractivity contribution in [1.82, 2.24) is 0 Å². The predicted octanol–water partition coefficient (Wildman–Crippen LogP) is 2.40. The normalized spacial score (nSPS) is 9.60. The standard InChI is InChI=1S/C15H13N3O2/c1-20-13-7-3-5-11(9-16)14(13)18-15(19)10-4-2-6-12(17)8-10/h2-8H,17H2,1H3,(H,18,19). The van der Waals surface area contributed by atoms with Gasteiger partial charge in [0.15, 0.2) is 0 Å². The lowest BCUT2D eigenvalue weighted by molar-refractivity contribution is 0.102. The molecule has 1 amide bonds. The quantitative estimate of drug-likeness (QED) is 0.836. The highest BCUT2D eigenvalue weighted by Gasteiger charge is 2.13. The summed E-state index contributed by atoms with van der Waals surface area (Å²) in [4.78, 5) is 12.2. The van der Waals surface area contributed by atoms with Crippen molar-refractivity contribution in [1.29, 1.82) is 5.26 Å². The van der Waals surface area contributed by atoms with Crippen LogP contribution in [0.1, 0.15) is 15.9 Å². The lowest BCUT2D eigenvalue weighted by atomic mass is 10.1. The third-order valence-electron chi connectivity index (χ3n) is 2.75. The average molecular weight is 267 g/mol. The van der Waals surface area contributed by atoms with E-state index in [2.05, 4.69) is 5.32 Å². The molecular weight excluding hydrogens is 254 g/mol. The van der Waals surface area contributed by atoms with E-state index in [0.717, 1.165) is 0 Å². The second-order valence-corrected chi connectivity index (χ2v) is 4.07. The molecular formula is C15H13N3O2. The van der Waals surface area contributed by atoms with Gasteiger partial charge in [-0.1, -0.05) is 12.1 Å². The Kier molecular flexibility index (Phi) is 3.87. The number of nitriles is 1. The number of ether oxygens (including phenoxy) is 1. The van der Waals surface area contributed by atoms with Crippen LogP contribution in [-0.2, 0) is 0 Å². The zero-order valence-corrected chi connectivity index (χ0v) is 10.9. The molecule has 0 unspecified atom stereocenters. The van der Waals surface area contributed by atoms with E-state index in [1.807, 2.05) is 6.07 Å². The van der Waals surface area contributed by atoms with E-state index in [1.165, 1.54) is 7.11 Å². The molecule has 2 aromatic carbocycles. The lowest BCUT2D eigenvalue weighted by Gasteiger charge is -2.11. The van der Waals surface area contributed by atoms with Crippen molar-refractivity contribution < 1.29 is 9.53 Å². The molecule has 0 fully saturated rings. The molecule has 0 atom stereocenters. The first kappa shape index (κ1) is 13.4. The fourth-order valence-corrected chi connectivity index (χ4v) is 1.79.